The van der Waals surface area contributed by atoms with Crippen LogP contribution in [0.15, 0.2) is 27.3 Å². The van der Waals surface area contributed by atoms with E-state index < -0.39 is 11.3 Å². The van der Waals surface area contributed by atoms with Gasteiger partial charge in [0.25, 0.3) is 0 Å². The van der Waals surface area contributed by atoms with Crippen molar-refractivity contribution in [2.75, 3.05) is 38.5 Å². The molecular formula is C33H30N2O7. The number of hydrogen-bond donors (Lipinski definition) is 3. The van der Waals surface area contributed by atoms with Crippen molar-refractivity contribution in [3.8, 4) is 23.0 Å². The highest BCUT2D eigenvalue weighted by Crippen LogP contribution is 2.58. The van der Waals surface area contributed by atoms with Gasteiger partial charge in [0.15, 0.2) is 22.4 Å². The molecule has 1 heterocycles. The fourth-order valence-corrected chi connectivity index (χ4v) is 7.29. The van der Waals surface area contributed by atoms with Gasteiger partial charge in [-0.1, -0.05) is 11.6 Å². The van der Waals surface area contributed by atoms with Crippen molar-refractivity contribution < 1.29 is 24.1 Å². The number of allylic oxidation sites excluding steroid dienone is 1. The summed E-state index contributed by atoms with van der Waals surface area (Å²) in [6.45, 7) is 8.05. The van der Waals surface area contributed by atoms with Crippen molar-refractivity contribution in [1.29, 1.82) is 0 Å². The first-order chi connectivity index (χ1) is 19.9. The standard InChI is InChI=1S/C33H30N2O7/c1-12-8-14-20-25-21(30-29(14)34-11-33(3,4)35-30)15(37)9-17(40-5)23(25)24-18(41-6)10-16(38)22-27(24)26(20)28(19(12)13(2)36)32(42-7)31(22)39/h8-10,19,34-35,39H,11H2,1-7H3. The van der Waals surface area contributed by atoms with Gasteiger partial charge in [-0.3, -0.25) is 14.4 Å². The molecule has 0 saturated carbocycles. The summed E-state index contributed by atoms with van der Waals surface area (Å²) in [5, 5.41) is 22.7. The minimum atomic E-state index is -0.788. The van der Waals surface area contributed by atoms with Crippen LogP contribution in [0.3, 0.4) is 0 Å². The van der Waals surface area contributed by atoms with E-state index in [-0.39, 0.29) is 39.4 Å². The Morgan fingerprint density at radius 2 is 1.45 bits per heavy atom. The summed E-state index contributed by atoms with van der Waals surface area (Å²) < 4.78 is 17.4. The number of carbonyl (C=O) groups excluding carboxylic acids is 1. The number of ether oxygens (including phenoxy) is 3. The molecule has 0 amide bonds. The average Bonchev–Trinajstić information content (AvgIpc) is 3.06. The highest BCUT2D eigenvalue weighted by atomic mass is 16.5. The number of benzene rings is 5. The van der Waals surface area contributed by atoms with E-state index in [1.54, 1.807) is 0 Å². The summed E-state index contributed by atoms with van der Waals surface area (Å²) in [5.41, 5.74) is 2.26. The van der Waals surface area contributed by atoms with E-state index in [9.17, 15) is 19.5 Å². The molecule has 214 valence electrons. The minimum absolute atomic E-state index is 0.0474. The lowest BCUT2D eigenvalue weighted by Gasteiger charge is -2.37. The average molecular weight is 567 g/mol. The number of rotatable bonds is 4. The van der Waals surface area contributed by atoms with Gasteiger partial charge in [-0.05, 0) is 33.1 Å². The number of fused-ring (bicyclic) bond motifs is 4. The van der Waals surface area contributed by atoms with Gasteiger partial charge in [-0.2, -0.15) is 0 Å². The quantitative estimate of drug-likeness (QED) is 0.196. The Hall–Kier alpha value is -4.79. The maximum Gasteiger partial charge on any atom is 0.194 e. The van der Waals surface area contributed by atoms with Gasteiger partial charge in [0.1, 0.15) is 17.3 Å². The number of phenolic OH excluding ortho intramolecular Hbond substituents is 1. The maximum atomic E-state index is 14.0. The third-order valence-corrected chi connectivity index (χ3v) is 8.85. The van der Waals surface area contributed by atoms with Crippen molar-refractivity contribution in [3.05, 3.63) is 49.3 Å². The van der Waals surface area contributed by atoms with Crippen molar-refractivity contribution in [3.63, 3.8) is 0 Å². The number of hydrogen-bond acceptors (Lipinski definition) is 9. The molecule has 2 aliphatic rings. The SMILES string of the molecule is COc1c(O)c2c(=O)cc(OC)c3c4c(OC)cc(=O)c5c6c(c7c(c(c1C(C(C)=O)C(C)=C7)c23)c54)NCC(C)(C)N6. The molecule has 0 aromatic heterocycles. The monoisotopic (exact) mass is 566 g/mol. The molecule has 1 unspecified atom stereocenters. The second kappa shape index (κ2) is 8.38. The molecule has 42 heavy (non-hydrogen) atoms. The second-order valence-corrected chi connectivity index (χ2v) is 11.9. The van der Waals surface area contributed by atoms with Crippen LogP contribution in [-0.2, 0) is 4.79 Å². The Bertz CT molecular complexity index is 2200. The van der Waals surface area contributed by atoms with Gasteiger partial charge in [0.05, 0.1) is 49.4 Å². The van der Waals surface area contributed by atoms with Crippen LogP contribution in [0.5, 0.6) is 23.0 Å². The largest absolute Gasteiger partial charge is 0.504 e. The number of phenols is 1. The smallest absolute Gasteiger partial charge is 0.194 e. The zero-order valence-corrected chi connectivity index (χ0v) is 24.4. The first kappa shape index (κ1) is 26.1. The molecule has 0 bridgehead atoms. The number of nitrogens with one attached hydrogen (secondary N) is 2. The third-order valence-electron chi connectivity index (χ3n) is 8.85. The van der Waals surface area contributed by atoms with Crippen molar-refractivity contribution in [2.24, 2.45) is 0 Å². The molecule has 1 aliphatic carbocycles. The van der Waals surface area contributed by atoms with Crippen LogP contribution in [0.1, 0.15) is 44.7 Å². The Kier molecular flexibility index (Phi) is 5.21. The predicted molar refractivity (Wildman–Crippen MR) is 166 cm³/mol. The first-order valence-electron chi connectivity index (χ1n) is 13.7. The van der Waals surface area contributed by atoms with E-state index in [1.807, 2.05) is 13.0 Å². The molecule has 5 aromatic carbocycles. The maximum absolute atomic E-state index is 14.0. The van der Waals surface area contributed by atoms with E-state index in [1.165, 1.54) is 40.4 Å². The van der Waals surface area contributed by atoms with Crippen molar-refractivity contribution in [2.45, 2.75) is 39.2 Å². The normalized spacial score (nSPS) is 17.2. The third kappa shape index (κ3) is 3.05. The van der Waals surface area contributed by atoms with Gasteiger partial charge in [-0.15, -0.1) is 0 Å². The van der Waals surface area contributed by atoms with Crippen LogP contribution in [0.25, 0.3) is 49.2 Å². The summed E-state index contributed by atoms with van der Waals surface area (Å²) in [4.78, 5) is 41.1. The molecule has 9 nitrogen and oxygen atoms in total. The number of anilines is 2. The van der Waals surface area contributed by atoms with Gasteiger partial charge in [0, 0.05) is 62.3 Å². The van der Waals surface area contributed by atoms with E-state index >= 15 is 0 Å². The Balaban J connectivity index is 1.98. The fraction of sp³-hybridized carbons (Fsp3) is 0.303. The lowest BCUT2D eigenvalue weighted by molar-refractivity contribution is -0.117. The summed E-state index contributed by atoms with van der Waals surface area (Å²) in [7, 11) is 4.37. The van der Waals surface area contributed by atoms with Crippen LogP contribution < -0.4 is 35.7 Å². The van der Waals surface area contributed by atoms with Gasteiger partial charge < -0.3 is 30.0 Å². The highest BCUT2D eigenvalue weighted by molar-refractivity contribution is 6.40. The Morgan fingerprint density at radius 1 is 0.857 bits per heavy atom. The summed E-state index contributed by atoms with van der Waals surface area (Å²) >= 11 is 0. The highest BCUT2D eigenvalue weighted by Gasteiger charge is 2.38. The molecule has 1 aliphatic heterocycles. The zero-order valence-electron chi connectivity index (χ0n) is 24.4. The van der Waals surface area contributed by atoms with Gasteiger partial charge >= 0.3 is 0 Å². The number of Topliss-reactive ketones (excluding diaryl/α,β-unsaturated/α-hetero) is 1. The van der Waals surface area contributed by atoms with Gasteiger partial charge in [0.2, 0.25) is 0 Å². The molecule has 0 saturated heterocycles. The molecule has 7 rings (SSSR count). The van der Waals surface area contributed by atoms with Crippen LogP contribution in [-0.4, -0.2) is 44.3 Å². The topological polar surface area (TPSA) is 123 Å². The van der Waals surface area contributed by atoms with Crippen LogP contribution >= 0.6 is 0 Å². The van der Waals surface area contributed by atoms with Crippen LogP contribution in [0.2, 0.25) is 0 Å². The van der Waals surface area contributed by atoms with E-state index in [0.717, 1.165) is 16.8 Å². The predicted octanol–water partition coefficient (Wildman–Crippen LogP) is 5.33. The molecule has 1 atom stereocenters. The second-order valence-electron chi connectivity index (χ2n) is 11.9. The van der Waals surface area contributed by atoms with Crippen LogP contribution in [0.4, 0.5) is 11.4 Å². The first-order valence-corrected chi connectivity index (χ1v) is 13.7. The summed E-state index contributed by atoms with van der Waals surface area (Å²) in [6, 6.07) is 2.78. The van der Waals surface area contributed by atoms with E-state index in [2.05, 4.69) is 24.5 Å². The molecule has 0 radical (unpaired) electrons. The number of ketones is 1. The number of carbonyl (C=O) groups is 1. The van der Waals surface area contributed by atoms with Crippen LogP contribution in [0, 0.1) is 0 Å². The molecule has 0 fully saturated rings. The van der Waals surface area contributed by atoms with Gasteiger partial charge in [-0.25, -0.2) is 0 Å². The Morgan fingerprint density at radius 3 is 2.02 bits per heavy atom. The minimum Gasteiger partial charge on any atom is -0.504 e. The van der Waals surface area contributed by atoms with E-state index in [0.29, 0.717) is 61.2 Å². The molecule has 3 N–H and O–H groups in total. The lowest BCUT2D eigenvalue weighted by Crippen LogP contribution is -2.42. The van der Waals surface area contributed by atoms with Crippen molar-refractivity contribution >= 4 is 66.3 Å². The van der Waals surface area contributed by atoms with Crippen molar-refractivity contribution in [1.82, 2.24) is 0 Å². The lowest BCUT2D eigenvalue weighted by atomic mass is 9.80. The summed E-state index contributed by atoms with van der Waals surface area (Å²) in [6.07, 6.45) is 1.96. The zero-order chi connectivity index (χ0) is 30.0. The molecule has 5 aromatic rings. The summed E-state index contributed by atoms with van der Waals surface area (Å²) in [5.74, 6) is -0.660. The molecule has 9 heteroatoms. The fourth-order valence-electron chi connectivity index (χ4n) is 7.29. The number of aromatic hydroxyl groups is 1. The Labute approximate surface area is 240 Å². The van der Waals surface area contributed by atoms with E-state index in [4.69, 9.17) is 14.2 Å². The molecule has 0 spiro atoms. The number of methoxy groups -OCH3 is 3. The molecular weight excluding hydrogens is 536 g/mol.